The molecule has 1 saturated carbocycles. The van der Waals surface area contributed by atoms with Crippen LogP contribution in [0.25, 0.3) is 11.1 Å². The molecule has 5 aliphatic rings. The van der Waals surface area contributed by atoms with E-state index in [0.717, 1.165) is 49.2 Å². The summed E-state index contributed by atoms with van der Waals surface area (Å²) in [6.45, 7) is 11.1. The molecule has 3 N–H and O–H groups in total. The van der Waals surface area contributed by atoms with Crippen molar-refractivity contribution in [2.75, 3.05) is 13.7 Å². The zero-order chi connectivity index (χ0) is 33.1. The maximum atomic E-state index is 13.8. The summed E-state index contributed by atoms with van der Waals surface area (Å²) in [5, 5.41) is 17.6. The van der Waals surface area contributed by atoms with Crippen molar-refractivity contribution in [1.29, 1.82) is 0 Å². The molecule has 0 aromatic heterocycles. The molecule has 4 bridgehead atoms. The molecule has 2 aliphatic carbocycles. The number of likely N-dealkylation sites (tertiary alicyclic amines) is 1. The van der Waals surface area contributed by atoms with Gasteiger partial charge in [0.15, 0.2) is 0 Å². The number of fused-ring (bicyclic) bond motifs is 10. The first-order valence-electron chi connectivity index (χ1n) is 17.8. The number of phenolic OH excluding ortho intramolecular Hbond substituents is 1. The second kappa shape index (κ2) is 12.4. The van der Waals surface area contributed by atoms with Gasteiger partial charge in [-0.05, 0) is 116 Å². The van der Waals surface area contributed by atoms with Crippen LogP contribution in [0.5, 0.6) is 5.75 Å². The fourth-order valence-electron chi connectivity index (χ4n) is 9.55. The minimum Gasteiger partial charge on any atom is -0.508 e. The van der Waals surface area contributed by atoms with Crippen molar-refractivity contribution >= 4 is 17.7 Å². The second-order valence-corrected chi connectivity index (χ2v) is 14.9. The van der Waals surface area contributed by atoms with Crippen molar-refractivity contribution < 1.29 is 19.4 Å². The lowest BCUT2D eigenvalue weighted by atomic mass is 9.81. The van der Waals surface area contributed by atoms with E-state index in [-0.39, 0.29) is 17.9 Å². The minimum absolute atomic E-state index is 0.0842. The number of aliphatic imine (C=N–C) groups is 1. The van der Waals surface area contributed by atoms with Crippen LogP contribution in [0.1, 0.15) is 138 Å². The molecule has 3 heterocycles. The highest BCUT2D eigenvalue weighted by Crippen LogP contribution is 2.59. The maximum absolute atomic E-state index is 13.8. The summed E-state index contributed by atoms with van der Waals surface area (Å²) in [6.07, 6.45) is 7.53. The predicted molar refractivity (Wildman–Crippen MR) is 185 cm³/mol. The standard InChI is InChI=1S/C39H50N4O4/c1-7-28(31-9-8-16-43(31)38(45)37(20(2)3)42-39(46)47-6)40-22(5)25-12-13-27(36-30-18-21(4)17-29(41-30)35(25)36)26-14-15-32(44)34-24-11-10-23(19-24)33(26)34/h12-15,20-21,23-24,29-30,37,41,44H,7-11,16-19H2,1-6H3,(H,42,46)/b31-28+,40-22?. The average Bonchev–Trinajstić information content (AvgIpc) is 3.86. The number of amides is 2. The number of carbonyl (C=O) groups is 2. The summed E-state index contributed by atoms with van der Waals surface area (Å²) in [6, 6.07) is 8.59. The highest BCUT2D eigenvalue weighted by atomic mass is 16.5. The Labute approximate surface area is 279 Å². The van der Waals surface area contributed by atoms with E-state index in [1.807, 2.05) is 24.8 Å². The van der Waals surface area contributed by atoms with Gasteiger partial charge in [-0.2, -0.15) is 0 Å². The van der Waals surface area contributed by atoms with Crippen LogP contribution in [0.4, 0.5) is 4.79 Å². The summed E-state index contributed by atoms with van der Waals surface area (Å²) < 4.78 is 4.82. The molecule has 47 heavy (non-hydrogen) atoms. The van der Waals surface area contributed by atoms with E-state index < -0.39 is 12.1 Å². The van der Waals surface area contributed by atoms with Crippen molar-refractivity contribution in [3.8, 4) is 16.9 Å². The number of phenols is 1. The number of carbonyl (C=O) groups excluding carboxylic acids is 2. The molecule has 2 aromatic carbocycles. The molecule has 0 spiro atoms. The second-order valence-electron chi connectivity index (χ2n) is 14.9. The number of ether oxygens (including phenoxy) is 1. The topological polar surface area (TPSA) is 103 Å². The zero-order valence-electron chi connectivity index (χ0n) is 28.8. The van der Waals surface area contributed by atoms with Crippen LogP contribution < -0.4 is 10.6 Å². The van der Waals surface area contributed by atoms with Gasteiger partial charge in [0.25, 0.3) is 0 Å². The van der Waals surface area contributed by atoms with E-state index in [1.54, 1.807) is 0 Å². The number of hydrogen-bond acceptors (Lipinski definition) is 6. The van der Waals surface area contributed by atoms with Gasteiger partial charge in [-0.1, -0.05) is 45.9 Å². The highest BCUT2D eigenvalue weighted by molar-refractivity contribution is 6.02. The van der Waals surface area contributed by atoms with E-state index >= 15 is 0 Å². The molecule has 8 heteroatoms. The molecular weight excluding hydrogens is 588 g/mol. The Morgan fingerprint density at radius 2 is 1.70 bits per heavy atom. The number of methoxy groups -OCH3 is 1. The number of nitrogens with zero attached hydrogens (tertiary/aromatic N) is 2. The van der Waals surface area contributed by atoms with Crippen molar-refractivity contribution in [1.82, 2.24) is 15.5 Å². The molecule has 2 aromatic rings. The fourth-order valence-corrected chi connectivity index (χ4v) is 9.55. The molecule has 250 valence electrons. The Kier molecular flexibility index (Phi) is 8.44. The molecular formula is C39H50N4O4. The number of alkyl carbamates (subject to hydrolysis) is 1. The lowest BCUT2D eigenvalue weighted by Crippen LogP contribution is -2.50. The largest absolute Gasteiger partial charge is 0.508 e. The maximum Gasteiger partial charge on any atom is 0.407 e. The first kappa shape index (κ1) is 31.9. The van der Waals surface area contributed by atoms with Crippen LogP contribution in [0.3, 0.4) is 0 Å². The third-order valence-corrected chi connectivity index (χ3v) is 11.6. The van der Waals surface area contributed by atoms with E-state index in [4.69, 9.17) is 9.73 Å². The Morgan fingerprint density at radius 3 is 2.40 bits per heavy atom. The Hall–Kier alpha value is -3.65. The van der Waals surface area contributed by atoms with Crippen molar-refractivity contribution in [3.05, 3.63) is 63.5 Å². The third kappa shape index (κ3) is 5.37. The SMILES string of the molecule is CC/C(N=C(C)c1ccc(-c2ccc(O)c3c2C2CCC3C2)c2c1C1CC(C)CC2N1)=C1/CCCN1C(=O)C(NC(=O)OC)C(C)C. The lowest BCUT2D eigenvalue weighted by molar-refractivity contribution is -0.131. The van der Waals surface area contributed by atoms with Crippen LogP contribution in [-0.2, 0) is 9.53 Å². The fraction of sp³-hybridized carbons (Fsp3) is 0.564. The summed E-state index contributed by atoms with van der Waals surface area (Å²) in [5.74, 6) is 1.93. The third-order valence-electron chi connectivity index (χ3n) is 11.6. The summed E-state index contributed by atoms with van der Waals surface area (Å²) in [4.78, 5) is 33.0. The number of piperidine rings is 1. The summed E-state index contributed by atoms with van der Waals surface area (Å²) in [5.41, 5.74) is 12.1. The van der Waals surface area contributed by atoms with E-state index in [9.17, 15) is 14.7 Å². The number of allylic oxidation sites excluding steroid dienone is 2. The summed E-state index contributed by atoms with van der Waals surface area (Å²) >= 11 is 0. The van der Waals surface area contributed by atoms with Gasteiger partial charge in [0.1, 0.15) is 11.8 Å². The number of nitrogens with one attached hydrogen (secondary N) is 2. The monoisotopic (exact) mass is 638 g/mol. The number of rotatable bonds is 7. The summed E-state index contributed by atoms with van der Waals surface area (Å²) in [7, 11) is 1.32. The van der Waals surface area contributed by atoms with Crippen molar-refractivity contribution in [2.45, 2.75) is 116 Å². The van der Waals surface area contributed by atoms with Crippen molar-refractivity contribution in [3.63, 3.8) is 0 Å². The highest BCUT2D eigenvalue weighted by Gasteiger charge is 2.44. The van der Waals surface area contributed by atoms with Crippen LogP contribution >= 0.6 is 0 Å². The molecule has 8 nitrogen and oxygen atoms in total. The van der Waals surface area contributed by atoms with Crippen LogP contribution in [0.15, 0.2) is 40.7 Å². The van der Waals surface area contributed by atoms with Gasteiger partial charge in [-0.3, -0.25) is 9.79 Å². The smallest absolute Gasteiger partial charge is 0.407 e. The quantitative estimate of drug-likeness (QED) is 0.267. The lowest BCUT2D eigenvalue weighted by Gasteiger charge is -2.28. The molecule has 7 rings (SSSR count). The van der Waals surface area contributed by atoms with Gasteiger partial charge in [0.05, 0.1) is 12.8 Å². The van der Waals surface area contributed by atoms with E-state index in [0.29, 0.717) is 42.5 Å². The van der Waals surface area contributed by atoms with Gasteiger partial charge in [0.2, 0.25) is 5.91 Å². The molecule has 6 atom stereocenters. The first-order chi connectivity index (χ1) is 22.6. The molecule has 3 fully saturated rings. The van der Waals surface area contributed by atoms with Crippen molar-refractivity contribution in [2.24, 2.45) is 16.8 Å². The number of benzene rings is 2. The van der Waals surface area contributed by atoms with Crippen LogP contribution in [0.2, 0.25) is 0 Å². The minimum atomic E-state index is -0.668. The van der Waals surface area contributed by atoms with Gasteiger partial charge in [0, 0.05) is 41.2 Å². The van der Waals surface area contributed by atoms with Gasteiger partial charge in [-0.25, -0.2) is 4.79 Å². The first-order valence-corrected chi connectivity index (χ1v) is 17.8. The molecule has 2 amide bonds. The Bertz CT molecular complexity index is 1680. The molecule has 0 radical (unpaired) electrons. The van der Waals surface area contributed by atoms with E-state index in [2.05, 4.69) is 49.6 Å². The van der Waals surface area contributed by atoms with Gasteiger partial charge < -0.3 is 25.4 Å². The van der Waals surface area contributed by atoms with Crippen LogP contribution in [0, 0.1) is 11.8 Å². The predicted octanol–water partition coefficient (Wildman–Crippen LogP) is 7.97. The Balaban J connectivity index is 1.30. The average molecular weight is 639 g/mol. The van der Waals surface area contributed by atoms with E-state index in [1.165, 1.54) is 58.9 Å². The molecule has 2 saturated heterocycles. The number of aromatic hydroxyl groups is 1. The number of hydrogen-bond donors (Lipinski definition) is 3. The normalized spacial score (nSPS) is 27.6. The van der Waals surface area contributed by atoms with Crippen LogP contribution in [-0.4, -0.2) is 47.4 Å². The van der Waals surface area contributed by atoms with Gasteiger partial charge in [-0.15, -0.1) is 0 Å². The Morgan fingerprint density at radius 1 is 1.02 bits per heavy atom. The molecule has 3 aliphatic heterocycles. The zero-order valence-corrected chi connectivity index (χ0v) is 28.8. The molecule has 6 unspecified atom stereocenters. The van der Waals surface area contributed by atoms with Gasteiger partial charge >= 0.3 is 6.09 Å².